The first kappa shape index (κ1) is 63.5. The molecule has 0 saturated heterocycles. The van der Waals surface area contributed by atoms with Crippen LogP contribution in [0.4, 0.5) is 0 Å². The van der Waals surface area contributed by atoms with E-state index in [1.807, 2.05) is 0 Å². The third kappa shape index (κ3) is 25.2. The molecule has 0 aliphatic carbocycles. The van der Waals surface area contributed by atoms with Crippen molar-refractivity contribution in [2.45, 2.75) is 371 Å². The first-order chi connectivity index (χ1) is 31.2. The molecule has 0 fully saturated rings. The Bertz CT molecular complexity index is 914. The first-order valence-electron chi connectivity index (χ1n) is 30.4. The lowest BCUT2D eigenvalue weighted by molar-refractivity contribution is -0.153. The van der Waals surface area contributed by atoms with Crippen molar-refractivity contribution >= 4 is 5.97 Å². The molecule has 0 amide bonds. The van der Waals surface area contributed by atoms with Crippen LogP contribution < -0.4 is 0 Å². The van der Waals surface area contributed by atoms with Gasteiger partial charge in [0.25, 0.3) is 0 Å². The summed E-state index contributed by atoms with van der Waals surface area (Å²) in [7, 11) is 0. The average molecular weight is 902 g/mol. The minimum atomic E-state index is -0.555. The van der Waals surface area contributed by atoms with Crippen molar-refractivity contribution in [1.29, 1.82) is 0 Å². The smallest absolute Gasteiger partial charge is 0.309 e. The highest BCUT2D eigenvalue weighted by molar-refractivity contribution is 5.74. The Morgan fingerprint density at radius 1 is 0.250 bits per heavy atom. The van der Waals surface area contributed by atoms with Crippen LogP contribution in [0.25, 0.3) is 0 Å². The number of unbranched alkanes of at least 4 members (excludes halogenated alkanes) is 27. The van der Waals surface area contributed by atoms with E-state index in [4.69, 9.17) is 0 Å². The summed E-state index contributed by atoms with van der Waals surface area (Å²) in [5.74, 6) is -0.459. The highest BCUT2D eigenvalue weighted by Crippen LogP contribution is 2.69. The fourth-order valence-corrected chi connectivity index (χ4v) is 13.3. The summed E-state index contributed by atoms with van der Waals surface area (Å²) >= 11 is 0. The van der Waals surface area contributed by atoms with E-state index in [9.17, 15) is 9.90 Å². The zero-order valence-corrected chi connectivity index (χ0v) is 46.3. The molecule has 0 aromatic rings. The van der Waals surface area contributed by atoms with Gasteiger partial charge in [-0.25, -0.2) is 0 Å². The van der Waals surface area contributed by atoms with Gasteiger partial charge in [-0.05, 0) is 86.9 Å². The molecule has 0 radical (unpaired) electrons. The van der Waals surface area contributed by atoms with Gasteiger partial charge in [0.15, 0.2) is 0 Å². The van der Waals surface area contributed by atoms with Crippen molar-refractivity contribution in [3.05, 3.63) is 0 Å². The lowest BCUT2D eigenvalue weighted by Crippen LogP contribution is -2.55. The van der Waals surface area contributed by atoms with Gasteiger partial charge in [-0.1, -0.05) is 300 Å². The average Bonchev–Trinajstić information content (AvgIpc) is 3.29. The van der Waals surface area contributed by atoms with Crippen LogP contribution in [0.3, 0.4) is 0 Å². The van der Waals surface area contributed by atoms with Gasteiger partial charge in [0.05, 0.1) is 5.41 Å². The van der Waals surface area contributed by atoms with Crippen LogP contribution >= 0.6 is 0 Å². The Morgan fingerprint density at radius 2 is 0.438 bits per heavy atom. The lowest BCUT2D eigenvalue weighted by atomic mass is 9.41. The SMILES string of the molecule is CCCCCCC(CCCCCC)(CCCC(CCCCCC)(CCCCCC)C(CCCCCC)(CCCCCC)C(CCCCCC)(CCCCCC)CCCCCC)C(=O)O. The Balaban J connectivity index is 8.40. The first-order valence-corrected chi connectivity index (χ1v) is 30.4. The molecule has 0 unspecified atom stereocenters. The van der Waals surface area contributed by atoms with E-state index < -0.39 is 11.4 Å². The molecule has 64 heavy (non-hydrogen) atoms. The van der Waals surface area contributed by atoms with E-state index in [0.717, 1.165) is 38.5 Å². The second-order valence-electron chi connectivity index (χ2n) is 22.4. The summed E-state index contributed by atoms with van der Waals surface area (Å²) in [6.45, 7) is 21.5. The quantitative estimate of drug-likeness (QED) is 0.0618. The van der Waals surface area contributed by atoms with Crippen LogP contribution in [-0.2, 0) is 4.79 Å². The zero-order chi connectivity index (χ0) is 47.5. The third-order valence-electron chi connectivity index (χ3n) is 17.3. The maximum Gasteiger partial charge on any atom is 0.309 e. The Kier molecular flexibility index (Phi) is 42.2. The van der Waals surface area contributed by atoms with E-state index in [0.29, 0.717) is 10.8 Å². The number of rotatable bonds is 52. The summed E-state index contributed by atoms with van der Waals surface area (Å²) in [5, 5.41) is 11.4. The third-order valence-corrected chi connectivity index (χ3v) is 17.3. The minimum absolute atomic E-state index is 0.280. The van der Waals surface area contributed by atoms with Crippen molar-refractivity contribution in [3.63, 3.8) is 0 Å². The Labute approximate surface area is 406 Å². The molecule has 0 aromatic heterocycles. The number of hydrogen-bond acceptors (Lipinski definition) is 1. The van der Waals surface area contributed by atoms with Crippen LogP contribution in [0.2, 0.25) is 0 Å². The normalized spacial score (nSPS) is 12.8. The Hall–Kier alpha value is -0.530. The van der Waals surface area contributed by atoms with Crippen molar-refractivity contribution in [3.8, 4) is 0 Å². The molecule has 2 nitrogen and oxygen atoms in total. The second-order valence-corrected chi connectivity index (χ2v) is 22.4. The predicted octanol–water partition coefficient (Wildman–Crippen LogP) is 22.9. The van der Waals surface area contributed by atoms with Crippen molar-refractivity contribution in [2.75, 3.05) is 0 Å². The maximum absolute atomic E-state index is 13.9. The van der Waals surface area contributed by atoms with E-state index >= 15 is 0 Å². The van der Waals surface area contributed by atoms with E-state index in [1.54, 1.807) is 0 Å². The molecule has 2 heteroatoms. The van der Waals surface area contributed by atoms with Crippen LogP contribution in [0.5, 0.6) is 0 Å². The molecule has 0 aliphatic heterocycles. The van der Waals surface area contributed by atoms with Crippen LogP contribution in [0, 0.1) is 21.7 Å². The fraction of sp³-hybridized carbons (Fsp3) is 0.984. The number of hydrogen-bond donors (Lipinski definition) is 1. The molecule has 0 rings (SSSR count). The van der Waals surface area contributed by atoms with Crippen molar-refractivity contribution in [1.82, 2.24) is 0 Å². The largest absolute Gasteiger partial charge is 0.481 e. The monoisotopic (exact) mass is 901 g/mol. The molecule has 0 atom stereocenters. The molecule has 0 spiro atoms. The number of carboxylic acids is 1. The highest BCUT2D eigenvalue weighted by atomic mass is 16.4. The van der Waals surface area contributed by atoms with Gasteiger partial charge in [-0.15, -0.1) is 0 Å². The van der Waals surface area contributed by atoms with Crippen LogP contribution in [-0.4, -0.2) is 11.1 Å². The summed E-state index contributed by atoms with van der Waals surface area (Å²) in [5.41, 5.74) is 0.418. The second kappa shape index (κ2) is 42.6. The molecule has 1 N–H and O–H groups in total. The number of aliphatic carboxylic acids is 1. The Morgan fingerprint density at radius 3 is 0.656 bits per heavy atom. The summed E-state index contributed by atoms with van der Waals surface area (Å²) in [4.78, 5) is 13.9. The molecular weight excluding hydrogens is 777 g/mol. The highest BCUT2D eigenvalue weighted by Gasteiger charge is 2.59. The lowest BCUT2D eigenvalue weighted by Gasteiger charge is -2.64. The van der Waals surface area contributed by atoms with Crippen molar-refractivity contribution < 1.29 is 9.90 Å². The minimum Gasteiger partial charge on any atom is -0.481 e. The fourth-order valence-electron chi connectivity index (χ4n) is 13.3. The topological polar surface area (TPSA) is 37.3 Å². The van der Waals surface area contributed by atoms with E-state index in [1.165, 1.54) is 270 Å². The van der Waals surface area contributed by atoms with E-state index in [2.05, 4.69) is 62.3 Å². The molecule has 384 valence electrons. The molecule has 0 aliphatic rings. The standard InChI is InChI=1S/C62H124O2/c1-10-19-28-37-47-59(58(63)64,48-38-29-20-11-2)49-46-55-61(53-42-33-24-15-6,54-43-34-25-16-7)62(56-44-35-26-17-8,57-45-36-27-18-9)60(50-39-30-21-12-3,51-40-31-22-13-4)52-41-32-23-14-5/h10-57H2,1-9H3,(H,63,64). The zero-order valence-electron chi connectivity index (χ0n) is 46.3. The van der Waals surface area contributed by atoms with Gasteiger partial charge >= 0.3 is 5.97 Å². The summed E-state index contributed by atoms with van der Waals surface area (Å²) < 4.78 is 0. The van der Waals surface area contributed by atoms with Crippen LogP contribution in [0.15, 0.2) is 0 Å². The molecule has 0 bridgehead atoms. The van der Waals surface area contributed by atoms with Gasteiger partial charge < -0.3 is 5.11 Å². The van der Waals surface area contributed by atoms with Gasteiger partial charge in [0.2, 0.25) is 0 Å². The number of carboxylic acid groups (broad SMARTS) is 1. The van der Waals surface area contributed by atoms with Crippen LogP contribution in [0.1, 0.15) is 371 Å². The van der Waals surface area contributed by atoms with Gasteiger partial charge in [-0.3, -0.25) is 4.79 Å². The van der Waals surface area contributed by atoms with Gasteiger partial charge in [-0.2, -0.15) is 0 Å². The van der Waals surface area contributed by atoms with Gasteiger partial charge in [0.1, 0.15) is 0 Å². The number of carbonyl (C=O) groups is 1. The molecule has 0 heterocycles. The molecule has 0 saturated carbocycles. The summed E-state index contributed by atoms with van der Waals surface area (Å²) in [6, 6.07) is 0. The van der Waals surface area contributed by atoms with Gasteiger partial charge in [0, 0.05) is 0 Å². The predicted molar refractivity (Wildman–Crippen MR) is 290 cm³/mol. The molecular formula is C62H124O2. The van der Waals surface area contributed by atoms with E-state index in [-0.39, 0.29) is 5.41 Å². The summed E-state index contributed by atoms with van der Waals surface area (Å²) in [6.07, 6.45) is 62.9. The maximum atomic E-state index is 13.9. The van der Waals surface area contributed by atoms with Crippen molar-refractivity contribution in [2.24, 2.45) is 21.7 Å². The molecule has 0 aromatic carbocycles.